The van der Waals surface area contributed by atoms with Crippen molar-refractivity contribution in [2.24, 2.45) is 0 Å². The highest BCUT2D eigenvalue weighted by Crippen LogP contribution is 2.38. The van der Waals surface area contributed by atoms with E-state index in [2.05, 4.69) is 5.32 Å². The van der Waals surface area contributed by atoms with Gasteiger partial charge in [0, 0.05) is 28.9 Å². The Kier molecular flexibility index (Phi) is 4.70. The summed E-state index contributed by atoms with van der Waals surface area (Å²) in [5.74, 6) is 2.57. The smallest absolute Gasteiger partial charge is 0.195 e. The van der Waals surface area contributed by atoms with Gasteiger partial charge in [-0.05, 0) is 30.3 Å². The van der Waals surface area contributed by atoms with Gasteiger partial charge in [0.05, 0.1) is 21.3 Å². The number of ether oxygens (including phenoxy) is 3. The Morgan fingerprint density at radius 3 is 2.50 bits per heavy atom. The fourth-order valence-electron chi connectivity index (χ4n) is 2.98. The molecule has 2 aromatic carbocycles. The van der Waals surface area contributed by atoms with Crippen LogP contribution in [0.5, 0.6) is 23.0 Å². The summed E-state index contributed by atoms with van der Waals surface area (Å²) in [5.41, 5.74) is 2.41. The van der Waals surface area contributed by atoms with E-state index >= 15 is 0 Å². The molecular formula is C20H19N3O4S. The number of imidazole rings is 1. The van der Waals surface area contributed by atoms with Gasteiger partial charge in [0.2, 0.25) is 0 Å². The van der Waals surface area contributed by atoms with Crippen molar-refractivity contribution >= 4 is 27.8 Å². The highest BCUT2D eigenvalue weighted by molar-refractivity contribution is 7.15. The first-order valence-electron chi connectivity index (χ1n) is 8.46. The van der Waals surface area contributed by atoms with Crippen molar-refractivity contribution in [3.63, 3.8) is 0 Å². The van der Waals surface area contributed by atoms with Crippen LogP contribution in [-0.2, 0) is 0 Å². The molecule has 0 aliphatic heterocycles. The molecular weight excluding hydrogens is 378 g/mol. The first-order valence-corrected chi connectivity index (χ1v) is 9.34. The Morgan fingerprint density at radius 1 is 0.964 bits per heavy atom. The van der Waals surface area contributed by atoms with Gasteiger partial charge in [0.25, 0.3) is 0 Å². The second-order valence-corrected chi connectivity index (χ2v) is 6.82. The van der Waals surface area contributed by atoms with Crippen molar-refractivity contribution in [3.8, 4) is 34.3 Å². The third-order valence-electron chi connectivity index (χ3n) is 4.36. The number of aromatic hydroxyl groups is 1. The highest BCUT2D eigenvalue weighted by atomic mass is 32.1. The molecule has 0 saturated carbocycles. The second-order valence-electron chi connectivity index (χ2n) is 5.95. The molecule has 8 heteroatoms. The molecule has 2 heterocycles. The molecule has 0 aliphatic rings. The topological polar surface area (TPSA) is 77.3 Å². The lowest BCUT2D eigenvalue weighted by molar-refractivity contribution is 0.355. The summed E-state index contributed by atoms with van der Waals surface area (Å²) in [5, 5.41) is 15.3. The van der Waals surface area contributed by atoms with Crippen molar-refractivity contribution in [1.29, 1.82) is 0 Å². The van der Waals surface area contributed by atoms with Crippen LogP contribution in [-0.4, -0.2) is 35.8 Å². The minimum Gasteiger partial charge on any atom is -0.504 e. The normalized spacial score (nSPS) is 10.8. The Balaban J connectivity index is 1.81. The van der Waals surface area contributed by atoms with Crippen molar-refractivity contribution in [3.05, 3.63) is 48.0 Å². The van der Waals surface area contributed by atoms with E-state index in [1.165, 1.54) is 7.11 Å². The fourth-order valence-corrected chi connectivity index (χ4v) is 3.70. The van der Waals surface area contributed by atoms with Crippen LogP contribution in [0.25, 0.3) is 16.2 Å². The van der Waals surface area contributed by atoms with Crippen LogP contribution in [0.2, 0.25) is 0 Å². The van der Waals surface area contributed by atoms with Crippen LogP contribution < -0.4 is 19.5 Å². The van der Waals surface area contributed by atoms with Crippen molar-refractivity contribution in [2.45, 2.75) is 0 Å². The molecule has 0 saturated heterocycles. The van der Waals surface area contributed by atoms with E-state index in [4.69, 9.17) is 19.2 Å². The molecule has 0 atom stereocenters. The van der Waals surface area contributed by atoms with Gasteiger partial charge in [-0.25, -0.2) is 4.98 Å². The van der Waals surface area contributed by atoms with E-state index < -0.39 is 0 Å². The number of anilines is 2. The molecule has 0 fully saturated rings. The fraction of sp³-hybridized carbons (Fsp3) is 0.150. The summed E-state index contributed by atoms with van der Waals surface area (Å²) in [4.78, 5) is 5.60. The number of phenols is 1. The van der Waals surface area contributed by atoms with Crippen LogP contribution in [0.1, 0.15) is 0 Å². The molecule has 28 heavy (non-hydrogen) atoms. The number of fused-ring (bicyclic) bond motifs is 1. The summed E-state index contributed by atoms with van der Waals surface area (Å²) in [6.07, 6.45) is 1.96. The number of hydrogen-bond donors (Lipinski definition) is 2. The Hall–Kier alpha value is -3.39. The Morgan fingerprint density at radius 2 is 1.75 bits per heavy atom. The zero-order chi connectivity index (χ0) is 19.7. The predicted molar refractivity (Wildman–Crippen MR) is 110 cm³/mol. The first-order chi connectivity index (χ1) is 13.6. The molecule has 2 aromatic heterocycles. The molecule has 0 spiro atoms. The van der Waals surface area contributed by atoms with Crippen LogP contribution >= 0.6 is 11.3 Å². The van der Waals surface area contributed by atoms with Gasteiger partial charge in [0.1, 0.15) is 11.5 Å². The second kappa shape index (κ2) is 7.32. The summed E-state index contributed by atoms with van der Waals surface area (Å²) in [6, 6.07) is 10.8. The maximum Gasteiger partial charge on any atom is 0.195 e. The lowest BCUT2D eigenvalue weighted by Crippen LogP contribution is -1.98. The number of nitrogens with one attached hydrogen (secondary N) is 1. The summed E-state index contributed by atoms with van der Waals surface area (Å²) in [6.45, 7) is 0. The largest absolute Gasteiger partial charge is 0.504 e. The zero-order valence-corrected chi connectivity index (χ0v) is 16.4. The van der Waals surface area contributed by atoms with E-state index in [0.717, 1.165) is 27.7 Å². The lowest BCUT2D eigenvalue weighted by Gasteiger charge is -2.12. The van der Waals surface area contributed by atoms with Crippen molar-refractivity contribution in [2.75, 3.05) is 26.6 Å². The molecule has 2 N–H and O–H groups in total. The molecule has 144 valence electrons. The van der Waals surface area contributed by atoms with Crippen LogP contribution in [0, 0.1) is 0 Å². The molecule has 7 nitrogen and oxygen atoms in total. The van der Waals surface area contributed by atoms with E-state index in [1.807, 2.05) is 40.2 Å². The van der Waals surface area contributed by atoms with Crippen molar-refractivity contribution in [1.82, 2.24) is 9.38 Å². The molecule has 0 unspecified atom stereocenters. The van der Waals surface area contributed by atoms with Gasteiger partial charge < -0.3 is 24.6 Å². The summed E-state index contributed by atoms with van der Waals surface area (Å²) < 4.78 is 17.9. The number of thiazole rings is 1. The van der Waals surface area contributed by atoms with Gasteiger partial charge in [-0.2, -0.15) is 0 Å². The Labute approximate surface area is 165 Å². The molecule has 4 rings (SSSR count). The van der Waals surface area contributed by atoms with Gasteiger partial charge in [-0.15, -0.1) is 11.3 Å². The van der Waals surface area contributed by atoms with E-state index in [9.17, 15) is 5.11 Å². The van der Waals surface area contributed by atoms with Gasteiger partial charge >= 0.3 is 0 Å². The quantitative estimate of drug-likeness (QED) is 0.497. The van der Waals surface area contributed by atoms with E-state index in [0.29, 0.717) is 17.2 Å². The first kappa shape index (κ1) is 18.0. The van der Waals surface area contributed by atoms with Gasteiger partial charge in [-0.1, -0.05) is 0 Å². The zero-order valence-electron chi connectivity index (χ0n) is 15.6. The van der Waals surface area contributed by atoms with Gasteiger partial charge in [-0.3, -0.25) is 4.40 Å². The number of methoxy groups -OCH3 is 3. The number of rotatable bonds is 6. The van der Waals surface area contributed by atoms with E-state index in [-0.39, 0.29) is 5.75 Å². The third kappa shape index (κ3) is 3.07. The molecule has 4 aromatic rings. The number of phenolic OH excluding ortho intramolecular Hbond substituents is 1. The van der Waals surface area contributed by atoms with Gasteiger partial charge in [0.15, 0.2) is 28.0 Å². The maximum absolute atomic E-state index is 9.90. The minimum atomic E-state index is 0.0849. The minimum absolute atomic E-state index is 0.0849. The molecule has 0 aliphatic carbocycles. The van der Waals surface area contributed by atoms with Crippen LogP contribution in [0.3, 0.4) is 0 Å². The third-order valence-corrected chi connectivity index (χ3v) is 5.12. The maximum atomic E-state index is 9.90. The number of benzene rings is 2. The monoisotopic (exact) mass is 397 g/mol. The van der Waals surface area contributed by atoms with Crippen LogP contribution in [0.15, 0.2) is 48.0 Å². The summed E-state index contributed by atoms with van der Waals surface area (Å²) in [7, 11) is 4.73. The highest BCUT2D eigenvalue weighted by Gasteiger charge is 2.17. The van der Waals surface area contributed by atoms with E-state index in [1.54, 1.807) is 37.7 Å². The summed E-state index contributed by atoms with van der Waals surface area (Å²) >= 11 is 1.54. The van der Waals surface area contributed by atoms with Crippen LogP contribution in [0.4, 0.5) is 11.5 Å². The average molecular weight is 397 g/mol. The molecule has 0 amide bonds. The van der Waals surface area contributed by atoms with Crippen molar-refractivity contribution < 1.29 is 19.3 Å². The lowest BCUT2D eigenvalue weighted by atomic mass is 10.1. The molecule has 0 bridgehead atoms. The predicted octanol–water partition coefficient (Wildman–Crippen LogP) is 4.54. The number of hydrogen-bond acceptors (Lipinski definition) is 7. The average Bonchev–Trinajstić information content (AvgIpc) is 3.31. The number of aromatic nitrogens is 2. The standard InChI is InChI=1S/C20H19N3O4S/c1-25-15-7-5-13(11-17(15)27-3)21-19-18(22-20-23(19)8-9-28-20)12-4-6-14(24)16(10-12)26-2/h4-11,21,24H,1-3H3. The Bertz CT molecular complexity index is 1140. The SMILES string of the molecule is COc1cc(-c2nc3sccn3c2Nc2ccc(OC)c(OC)c2)ccc1O. The molecule has 0 radical (unpaired) electrons. The number of nitrogens with zero attached hydrogens (tertiary/aromatic N) is 2.